The molecule has 47 valence electrons. The monoisotopic (exact) mass is 115 g/mol. The van der Waals surface area contributed by atoms with Gasteiger partial charge in [-0.3, -0.25) is 0 Å². The minimum atomic E-state index is 0.0556. The van der Waals surface area contributed by atoms with E-state index in [1.54, 1.807) is 0 Å². The van der Waals surface area contributed by atoms with Gasteiger partial charge in [0.25, 0.3) is 0 Å². The van der Waals surface area contributed by atoms with E-state index < -0.39 is 0 Å². The third kappa shape index (κ3) is 1.46. The standard InChI is InChI=1S/C6H11O2/c1-2-6-7-4-3-5-8-6/h3,6H,2,4-5H2,1H3. The Bertz CT molecular complexity index is 57.5. The summed E-state index contributed by atoms with van der Waals surface area (Å²) in [6.45, 7) is 3.55. The Hall–Kier alpha value is -0.0800. The van der Waals surface area contributed by atoms with Gasteiger partial charge in [0.05, 0.1) is 13.2 Å². The minimum Gasteiger partial charge on any atom is -0.352 e. The van der Waals surface area contributed by atoms with Crippen LogP contribution in [0.3, 0.4) is 0 Å². The van der Waals surface area contributed by atoms with Crippen molar-refractivity contribution in [3.05, 3.63) is 6.42 Å². The van der Waals surface area contributed by atoms with Gasteiger partial charge in [-0.05, 0) is 6.42 Å². The highest BCUT2D eigenvalue weighted by atomic mass is 16.7. The first-order valence-corrected chi connectivity index (χ1v) is 2.98. The molecular weight excluding hydrogens is 104 g/mol. The summed E-state index contributed by atoms with van der Waals surface area (Å²) < 4.78 is 10.3. The van der Waals surface area contributed by atoms with Crippen LogP contribution >= 0.6 is 0 Å². The van der Waals surface area contributed by atoms with Crippen molar-refractivity contribution in [1.82, 2.24) is 0 Å². The molecular formula is C6H11O2. The second-order valence-electron chi connectivity index (χ2n) is 1.79. The maximum atomic E-state index is 5.15. The van der Waals surface area contributed by atoms with E-state index >= 15 is 0 Å². The molecule has 1 radical (unpaired) electrons. The van der Waals surface area contributed by atoms with E-state index in [0.717, 1.165) is 19.6 Å². The lowest BCUT2D eigenvalue weighted by Gasteiger charge is -2.21. The summed E-state index contributed by atoms with van der Waals surface area (Å²) in [4.78, 5) is 0. The third-order valence-corrected chi connectivity index (χ3v) is 1.13. The molecule has 2 nitrogen and oxygen atoms in total. The molecule has 0 aromatic carbocycles. The molecule has 0 N–H and O–H groups in total. The number of ether oxygens (including phenoxy) is 2. The summed E-state index contributed by atoms with van der Waals surface area (Å²) in [5.74, 6) is 0. The van der Waals surface area contributed by atoms with Crippen LogP contribution in [0.5, 0.6) is 0 Å². The molecule has 2 heteroatoms. The van der Waals surface area contributed by atoms with Gasteiger partial charge in [0.15, 0.2) is 6.29 Å². The summed E-state index contributed by atoms with van der Waals surface area (Å²) in [6, 6.07) is 0. The fourth-order valence-corrected chi connectivity index (χ4v) is 0.683. The molecule has 1 aliphatic heterocycles. The van der Waals surface area contributed by atoms with Crippen LogP contribution in [-0.4, -0.2) is 19.5 Å². The molecule has 0 amide bonds. The zero-order chi connectivity index (χ0) is 5.82. The van der Waals surface area contributed by atoms with E-state index in [9.17, 15) is 0 Å². The molecule has 0 bridgehead atoms. The van der Waals surface area contributed by atoms with E-state index in [1.165, 1.54) is 0 Å². The van der Waals surface area contributed by atoms with Gasteiger partial charge in [-0.1, -0.05) is 6.92 Å². The van der Waals surface area contributed by atoms with Gasteiger partial charge in [-0.25, -0.2) is 0 Å². The maximum Gasteiger partial charge on any atom is 0.157 e. The maximum absolute atomic E-state index is 5.15. The summed E-state index contributed by atoms with van der Waals surface area (Å²) in [5.41, 5.74) is 0. The molecule has 0 unspecified atom stereocenters. The Morgan fingerprint density at radius 1 is 1.50 bits per heavy atom. The summed E-state index contributed by atoms with van der Waals surface area (Å²) >= 11 is 0. The van der Waals surface area contributed by atoms with Crippen LogP contribution in [0.2, 0.25) is 0 Å². The topological polar surface area (TPSA) is 18.5 Å². The normalized spacial score (nSPS) is 23.6. The molecule has 8 heavy (non-hydrogen) atoms. The Balaban J connectivity index is 2.13. The largest absolute Gasteiger partial charge is 0.352 e. The van der Waals surface area contributed by atoms with Crippen LogP contribution in [0.25, 0.3) is 0 Å². The SMILES string of the molecule is CCC1OC[CH]CO1. The van der Waals surface area contributed by atoms with Crippen molar-refractivity contribution in [3.8, 4) is 0 Å². The molecule has 0 aromatic heterocycles. The van der Waals surface area contributed by atoms with Crippen LogP contribution in [0, 0.1) is 6.42 Å². The van der Waals surface area contributed by atoms with E-state index in [4.69, 9.17) is 9.47 Å². The van der Waals surface area contributed by atoms with Gasteiger partial charge in [0.1, 0.15) is 0 Å². The first-order chi connectivity index (χ1) is 3.93. The van der Waals surface area contributed by atoms with Crippen molar-refractivity contribution >= 4 is 0 Å². The highest BCUT2D eigenvalue weighted by Gasteiger charge is 2.10. The van der Waals surface area contributed by atoms with Crippen LogP contribution in [0.15, 0.2) is 0 Å². The highest BCUT2D eigenvalue weighted by Crippen LogP contribution is 2.05. The zero-order valence-electron chi connectivity index (χ0n) is 5.09. The van der Waals surface area contributed by atoms with Gasteiger partial charge in [-0.15, -0.1) is 0 Å². The second kappa shape index (κ2) is 3.05. The lowest BCUT2D eigenvalue weighted by molar-refractivity contribution is -0.159. The lowest BCUT2D eigenvalue weighted by Crippen LogP contribution is -2.24. The van der Waals surface area contributed by atoms with Crippen molar-refractivity contribution in [1.29, 1.82) is 0 Å². The van der Waals surface area contributed by atoms with Gasteiger partial charge in [0.2, 0.25) is 0 Å². The molecule has 1 aliphatic rings. The van der Waals surface area contributed by atoms with Gasteiger partial charge >= 0.3 is 0 Å². The van der Waals surface area contributed by atoms with Crippen molar-refractivity contribution in [3.63, 3.8) is 0 Å². The van der Waals surface area contributed by atoms with Crippen LogP contribution in [-0.2, 0) is 9.47 Å². The molecule has 0 aliphatic carbocycles. The second-order valence-corrected chi connectivity index (χ2v) is 1.79. The smallest absolute Gasteiger partial charge is 0.157 e. The van der Waals surface area contributed by atoms with Gasteiger partial charge in [-0.2, -0.15) is 0 Å². The molecule has 1 fully saturated rings. The molecule has 1 rings (SSSR count). The first-order valence-electron chi connectivity index (χ1n) is 2.98. The number of rotatable bonds is 1. The van der Waals surface area contributed by atoms with Gasteiger partial charge < -0.3 is 9.47 Å². The summed E-state index contributed by atoms with van der Waals surface area (Å²) in [5, 5.41) is 0. The molecule has 1 heterocycles. The third-order valence-electron chi connectivity index (χ3n) is 1.13. The van der Waals surface area contributed by atoms with Crippen molar-refractivity contribution in [2.24, 2.45) is 0 Å². The summed E-state index contributed by atoms with van der Waals surface area (Å²) in [6.07, 6.45) is 2.99. The van der Waals surface area contributed by atoms with Crippen molar-refractivity contribution < 1.29 is 9.47 Å². The highest BCUT2D eigenvalue weighted by molar-refractivity contribution is 4.66. The van der Waals surface area contributed by atoms with E-state index in [-0.39, 0.29) is 6.29 Å². The number of hydrogen-bond donors (Lipinski definition) is 0. The predicted molar refractivity (Wildman–Crippen MR) is 30.3 cm³/mol. The van der Waals surface area contributed by atoms with Gasteiger partial charge in [0, 0.05) is 6.42 Å². The zero-order valence-corrected chi connectivity index (χ0v) is 5.09. The Kier molecular flexibility index (Phi) is 2.30. The Labute approximate surface area is 49.8 Å². The molecule has 0 spiro atoms. The van der Waals surface area contributed by atoms with Crippen molar-refractivity contribution in [2.45, 2.75) is 19.6 Å². The Morgan fingerprint density at radius 2 is 2.12 bits per heavy atom. The Morgan fingerprint density at radius 3 is 2.50 bits per heavy atom. The van der Waals surface area contributed by atoms with Crippen molar-refractivity contribution in [2.75, 3.05) is 13.2 Å². The lowest BCUT2D eigenvalue weighted by atomic mass is 10.4. The molecule has 0 atom stereocenters. The summed E-state index contributed by atoms with van der Waals surface area (Å²) in [7, 11) is 0. The fourth-order valence-electron chi connectivity index (χ4n) is 0.683. The van der Waals surface area contributed by atoms with E-state index in [2.05, 4.69) is 6.92 Å². The minimum absolute atomic E-state index is 0.0556. The van der Waals surface area contributed by atoms with Crippen LogP contribution in [0.1, 0.15) is 13.3 Å². The van der Waals surface area contributed by atoms with Crippen LogP contribution in [0.4, 0.5) is 0 Å². The van der Waals surface area contributed by atoms with E-state index in [1.807, 2.05) is 6.42 Å². The fraction of sp³-hybridized carbons (Fsp3) is 0.833. The average molecular weight is 115 g/mol. The quantitative estimate of drug-likeness (QED) is 0.507. The van der Waals surface area contributed by atoms with E-state index in [0.29, 0.717) is 0 Å². The predicted octanol–water partition coefficient (Wildman–Crippen LogP) is 0.974. The molecule has 1 saturated heterocycles. The number of hydrogen-bond acceptors (Lipinski definition) is 2. The average Bonchev–Trinajstić information content (AvgIpc) is 1.90. The van der Waals surface area contributed by atoms with Crippen LogP contribution < -0.4 is 0 Å². The molecule has 0 saturated carbocycles. The first kappa shape index (κ1) is 6.05. The molecule has 0 aromatic rings.